The number of para-hydroxylation sites is 2. The molecular formula is C22H27F3IN5O. The number of rotatable bonds is 8. The molecule has 6 nitrogen and oxygen atoms in total. The third-order valence-electron chi connectivity index (χ3n) is 4.71. The Bertz CT molecular complexity index is 1020. The zero-order chi connectivity index (χ0) is 22.3. The second kappa shape index (κ2) is 12.0. The molecule has 10 heteroatoms. The van der Waals surface area contributed by atoms with Gasteiger partial charge in [0.15, 0.2) is 5.96 Å². The zero-order valence-electron chi connectivity index (χ0n) is 17.9. The van der Waals surface area contributed by atoms with Gasteiger partial charge in [-0.05, 0) is 30.2 Å². The normalized spacial score (nSPS) is 12.0. The third-order valence-corrected chi connectivity index (χ3v) is 4.71. The van der Waals surface area contributed by atoms with Gasteiger partial charge in [-0.1, -0.05) is 36.4 Å². The van der Waals surface area contributed by atoms with Crippen LogP contribution >= 0.6 is 24.0 Å². The van der Waals surface area contributed by atoms with Gasteiger partial charge in [-0.3, -0.25) is 4.99 Å². The highest BCUT2D eigenvalue weighted by molar-refractivity contribution is 14.0. The molecule has 3 aromatic rings. The van der Waals surface area contributed by atoms with Crippen molar-refractivity contribution in [3.63, 3.8) is 0 Å². The van der Waals surface area contributed by atoms with E-state index < -0.39 is 12.8 Å². The molecule has 174 valence electrons. The Kier molecular flexibility index (Phi) is 9.76. The van der Waals surface area contributed by atoms with Gasteiger partial charge in [0.05, 0.1) is 17.6 Å². The Morgan fingerprint density at radius 3 is 2.44 bits per heavy atom. The molecule has 0 unspecified atom stereocenters. The van der Waals surface area contributed by atoms with Crippen molar-refractivity contribution in [2.45, 2.75) is 32.8 Å². The minimum Gasteiger partial charge on any atom is -0.367 e. The minimum absolute atomic E-state index is 0. The maximum Gasteiger partial charge on any atom is 0.411 e. The van der Waals surface area contributed by atoms with Gasteiger partial charge in [0.25, 0.3) is 0 Å². The number of benzene rings is 2. The number of hydrogen-bond acceptors (Lipinski definition) is 3. The van der Waals surface area contributed by atoms with Gasteiger partial charge in [0.2, 0.25) is 0 Å². The van der Waals surface area contributed by atoms with Gasteiger partial charge in [-0.25, -0.2) is 4.98 Å². The number of aliphatic imine (C=N–C) groups is 1. The summed E-state index contributed by atoms with van der Waals surface area (Å²) >= 11 is 0. The topological polar surface area (TPSA) is 63.5 Å². The van der Waals surface area contributed by atoms with E-state index in [0.29, 0.717) is 24.6 Å². The molecule has 0 amide bonds. The van der Waals surface area contributed by atoms with Crippen molar-refractivity contribution in [1.29, 1.82) is 0 Å². The van der Waals surface area contributed by atoms with E-state index in [9.17, 15) is 13.2 Å². The van der Waals surface area contributed by atoms with Crippen LogP contribution in [0.4, 0.5) is 13.2 Å². The largest absolute Gasteiger partial charge is 0.411 e. The lowest BCUT2D eigenvalue weighted by molar-refractivity contribution is -0.176. The summed E-state index contributed by atoms with van der Waals surface area (Å²) < 4.78 is 43.2. The van der Waals surface area contributed by atoms with Crippen LogP contribution in [0, 0.1) is 6.92 Å². The van der Waals surface area contributed by atoms with E-state index in [-0.39, 0.29) is 30.6 Å². The van der Waals surface area contributed by atoms with Crippen molar-refractivity contribution in [3.05, 3.63) is 65.5 Å². The first kappa shape index (κ1) is 25.9. The molecule has 0 aliphatic carbocycles. The predicted octanol–water partition coefficient (Wildman–Crippen LogP) is 4.41. The average Bonchev–Trinajstić information content (AvgIpc) is 3.06. The zero-order valence-corrected chi connectivity index (χ0v) is 20.3. The number of aryl methyl sites for hydroxylation is 1. The summed E-state index contributed by atoms with van der Waals surface area (Å²) in [5, 5.41) is 6.52. The van der Waals surface area contributed by atoms with Gasteiger partial charge in [0.1, 0.15) is 12.4 Å². The van der Waals surface area contributed by atoms with Crippen LogP contribution in [-0.2, 0) is 24.4 Å². The van der Waals surface area contributed by atoms with Crippen molar-refractivity contribution in [2.24, 2.45) is 4.99 Å². The molecule has 2 N–H and O–H groups in total. The number of alkyl halides is 3. The quantitative estimate of drug-likeness (QED) is 0.243. The highest BCUT2D eigenvalue weighted by Crippen LogP contribution is 2.16. The molecule has 0 radical (unpaired) electrons. The van der Waals surface area contributed by atoms with Gasteiger partial charge in [-0.2, -0.15) is 13.2 Å². The summed E-state index contributed by atoms with van der Waals surface area (Å²) in [6.07, 6.45) is -4.31. The summed E-state index contributed by atoms with van der Waals surface area (Å²) in [5.74, 6) is 1.63. The fraction of sp³-hybridized carbons (Fsp3) is 0.364. The van der Waals surface area contributed by atoms with Crippen molar-refractivity contribution in [1.82, 2.24) is 20.2 Å². The predicted molar refractivity (Wildman–Crippen MR) is 130 cm³/mol. The van der Waals surface area contributed by atoms with Crippen LogP contribution in [0.25, 0.3) is 11.0 Å². The molecule has 0 aliphatic heterocycles. The lowest BCUT2D eigenvalue weighted by Crippen LogP contribution is -2.38. The molecule has 0 saturated carbocycles. The van der Waals surface area contributed by atoms with Crippen LogP contribution in [0.1, 0.15) is 17.0 Å². The van der Waals surface area contributed by atoms with E-state index in [4.69, 9.17) is 0 Å². The SMILES string of the molecule is CN=C(NCCn1c(C)nc2ccccc21)NCc1ccc(COCC(F)(F)F)cc1.I. The molecule has 32 heavy (non-hydrogen) atoms. The number of fused-ring (bicyclic) bond motifs is 1. The van der Waals surface area contributed by atoms with E-state index in [1.165, 1.54) is 0 Å². The first-order chi connectivity index (χ1) is 14.9. The molecule has 0 spiro atoms. The molecule has 0 bridgehead atoms. The molecule has 2 aromatic carbocycles. The Hall–Kier alpha value is -2.34. The second-order valence-corrected chi connectivity index (χ2v) is 7.08. The molecule has 3 rings (SSSR count). The molecular weight excluding hydrogens is 534 g/mol. The number of halogens is 4. The lowest BCUT2D eigenvalue weighted by atomic mass is 10.1. The van der Waals surface area contributed by atoms with Crippen LogP contribution in [-0.4, -0.2) is 41.9 Å². The van der Waals surface area contributed by atoms with Crippen LogP contribution in [0.2, 0.25) is 0 Å². The first-order valence-corrected chi connectivity index (χ1v) is 9.94. The Labute approximate surface area is 202 Å². The molecule has 0 fully saturated rings. The van der Waals surface area contributed by atoms with E-state index >= 15 is 0 Å². The van der Waals surface area contributed by atoms with E-state index in [2.05, 4.69) is 36.0 Å². The van der Waals surface area contributed by atoms with Gasteiger partial charge < -0.3 is 19.9 Å². The standard InChI is InChI=1S/C22H26F3N5O.HI/c1-16-29-19-5-3-4-6-20(19)30(16)12-11-27-21(26-2)28-13-17-7-9-18(10-8-17)14-31-15-22(23,24)25;/h3-10H,11-15H2,1-2H3,(H2,26,27,28);1H. The van der Waals surface area contributed by atoms with Crippen molar-refractivity contribution >= 4 is 41.0 Å². The second-order valence-electron chi connectivity index (χ2n) is 7.08. The Morgan fingerprint density at radius 2 is 1.75 bits per heavy atom. The number of imidazole rings is 1. The monoisotopic (exact) mass is 561 g/mol. The number of nitrogens with zero attached hydrogens (tertiary/aromatic N) is 3. The molecule has 0 aliphatic rings. The van der Waals surface area contributed by atoms with Crippen molar-refractivity contribution < 1.29 is 17.9 Å². The van der Waals surface area contributed by atoms with Crippen LogP contribution in [0.3, 0.4) is 0 Å². The van der Waals surface area contributed by atoms with Gasteiger partial charge in [0, 0.05) is 26.7 Å². The Balaban J connectivity index is 0.00000363. The minimum atomic E-state index is -4.31. The van der Waals surface area contributed by atoms with Gasteiger partial charge >= 0.3 is 6.18 Å². The van der Waals surface area contributed by atoms with Gasteiger partial charge in [-0.15, -0.1) is 24.0 Å². The maximum atomic E-state index is 12.1. The smallest absolute Gasteiger partial charge is 0.367 e. The van der Waals surface area contributed by atoms with Crippen LogP contribution in [0.15, 0.2) is 53.5 Å². The number of hydrogen-bond donors (Lipinski definition) is 2. The third kappa shape index (κ3) is 7.66. The molecule has 0 saturated heterocycles. The summed E-state index contributed by atoms with van der Waals surface area (Å²) in [6.45, 7) is 2.64. The summed E-state index contributed by atoms with van der Waals surface area (Å²) in [6, 6.07) is 15.3. The number of guanidine groups is 1. The molecule has 1 heterocycles. The lowest BCUT2D eigenvalue weighted by Gasteiger charge is -2.13. The maximum absolute atomic E-state index is 12.1. The van der Waals surface area contributed by atoms with E-state index in [1.807, 2.05) is 37.3 Å². The number of nitrogens with one attached hydrogen (secondary N) is 2. The van der Waals surface area contributed by atoms with E-state index in [1.54, 1.807) is 19.2 Å². The number of ether oxygens (including phenoxy) is 1. The summed E-state index contributed by atoms with van der Waals surface area (Å²) in [4.78, 5) is 8.80. The van der Waals surface area contributed by atoms with Crippen molar-refractivity contribution in [2.75, 3.05) is 20.2 Å². The summed E-state index contributed by atoms with van der Waals surface area (Å²) in [7, 11) is 1.70. The highest BCUT2D eigenvalue weighted by Gasteiger charge is 2.27. The van der Waals surface area contributed by atoms with E-state index in [0.717, 1.165) is 29.0 Å². The molecule has 0 atom stereocenters. The Morgan fingerprint density at radius 1 is 1.06 bits per heavy atom. The molecule has 1 aromatic heterocycles. The highest BCUT2D eigenvalue weighted by atomic mass is 127. The van der Waals surface area contributed by atoms with Crippen LogP contribution in [0.5, 0.6) is 0 Å². The fourth-order valence-electron chi connectivity index (χ4n) is 3.21. The average molecular weight is 561 g/mol. The summed E-state index contributed by atoms with van der Waals surface area (Å²) in [5.41, 5.74) is 3.76. The van der Waals surface area contributed by atoms with Crippen molar-refractivity contribution in [3.8, 4) is 0 Å². The fourth-order valence-corrected chi connectivity index (χ4v) is 3.21. The first-order valence-electron chi connectivity index (χ1n) is 9.94. The van der Waals surface area contributed by atoms with Crippen LogP contribution < -0.4 is 10.6 Å². The number of aromatic nitrogens is 2.